The van der Waals surface area contributed by atoms with Crippen LogP contribution in [0.4, 0.5) is 5.69 Å². The number of benzene rings is 1. The lowest BCUT2D eigenvalue weighted by atomic mass is 10.3. The van der Waals surface area contributed by atoms with Gasteiger partial charge in [-0.05, 0) is 12.1 Å². The van der Waals surface area contributed by atoms with E-state index in [1.807, 2.05) is 18.2 Å². The highest BCUT2D eigenvalue weighted by molar-refractivity contribution is 7.45. The van der Waals surface area contributed by atoms with Crippen molar-refractivity contribution in [1.29, 1.82) is 0 Å². The Hall–Kier alpha value is -0.620. The van der Waals surface area contributed by atoms with Crippen molar-refractivity contribution in [3.63, 3.8) is 0 Å². The molecule has 0 aromatic heterocycles. The van der Waals surface area contributed by atoms with Crippen LogP contribution in [0.5, 0.6) is 0 Å². The molecule has 1 aromatic carbocycles. The second-order valence-corrected chi connectivity index (χ2v) is 3.57. The topological polar surface area (TPSA) is 116 Å². The maximum atomic E-state index is 8.88. The minimum atomic E-state index is -4.64. The first kappa shape index (κ1) is 13.4. The molecule has 1 rings (SSSR count). The second-order valence-electron chi connectivity index (χ2n) is 2.14. The van der Waals surface area contributed by atoms with Gasteiger partial charge in [0.05, 0.1) is 10.7 Å². The van der Waals surface area contributed by atoms with Gasteiger partial charge in [-0.1, -0.05) is 23.7 Å². The van der Waals surface area contributed by atoms with Crippen LogP contribution in [0.15, 0.2) is 24.3 Å². The van der Waals surface area contributed by atoms with Gasteiger partial charge in [-0.15, -0.1) is 0 Å². The van der Waals surface area contributed by atoms with E-state index in [1.165, 1.54) is 0 Å². The van der Waals surface area contributed by atoms with Crippen molar-refractivity contribution in [2.75, 3.05) is 5.43 Å². The van der Waals surface area contributed by atoms with E-state index < -0.39 is 7.82 Å². The van der Waals surface area contributed by atoms with Crippen molar-refractivity contribution in [3.05, 3.63) is 29.3 Å². The van der Waals surface area contributed by atoms with E-state index >= 15 is 0 Å². The van der Waals surface area contributed by atoms with E-state index in [4.69, 9.17) is 36.7 Å². The molecule has 14 heavy (non-hydrogen) atoms. The SMILES string of the molecule is NNc1ccccc1Cl.O=P(O)(O)O. The summed E-state index contributed by atoms with van der Waals surface area (Å²) in [7, 11) is -4.64. The molecule has 0 bridgehead atoms. The maximum Gasteiger partial charge on any atom is 0.466 e. The summed E-state index contributed by atoms with van der Waals surface area (Å²) >= 11 is 5.68. The number of anilines is 1. The highest BCUT2D eigenvalue weighted by Gasteiger charge is 2.00. The van der Waals surface area contributed by atoms with Crippen LogP contribution in [-0.2, 0) is 4.57 Å². The van der Waals surface area contributed by atoms with E-state index in [9.17, 15) is 0 Å². The second kappa shape index (κ2) is 5.98. The molecule has 0 fully saturated rings. The van der Waals surface area contributed by atoms with Gasteiger partial charge < -0.3 is 20.1 Å². The molecule has 0 saturated heterocycles. The quantitative estimate of drug-likeness (QED) is 0.280. The smallest absolute Gasteiger partial charge is 0.323 e. The van der Waals surface area contributed by atoms with Crippen molar-refractivity contribution < 1.29 is 19.2 Å². The predicted molar refractivity (Wildman–Crippen MR) is 53.5 cm³/mol. The summed E-state index contributed by atoms with van der Waals surface area (Å²) in [6.07, 6.45) is 0. The van der Waals surface area contributed by atoms with Gasteiger partial charge in [-0.2, -0.15) is 0 Å². The van der Waals surface area contributed by atoms with Crippen LogP contribution in [0.25, 0.3) is 0 Å². The van der Waals surface area contributed by atoms with Crippen LogP contribution in [0.3, 0.4) is 0 Å². The molecule has 0 aliphatic heterocycles. The average Bonchev–Trinajstić information content (AvgIpc) is 2.02. The van der Waals surface area contributed by atoms with Crippen LogP contribution >= 0.6 is 19.4 Å². The number of phosphoric acid groups is 1. The predicted octanol–water partition coefficient (Wildman–Crippen LogP) is 0.697. The zero-order valence-electron chi connectivity index (χ0n) is 6.96. The fourth-order valence-corrected chi connectivity index (χ4v) is 0.769. The summed E-state index contributed by atoms with van der Waals surface area (Å²) in [5.74, 6) is 5.12. The molecule has 0 atom stereocenters. The largest absolute Gasteiger partial charge is 0.466 e. The Balaban J connectivity index is 0.000000292. The molecule has 6 nitrogen and oxygen atoms in total. The maximum absolute atomic E-state index is 8.88. The van der Waals surface area contributed by atoms with E-state index in [-0.39, 0.29) is 0 Å². The van der Waals surface area contributed by atoms with E-state index in [0.29, 0.717) is 5.02 Å². The normalized spacial score (nSPS) is 10.1. The van der Waals surface area contributed by atoms with Crippen LogP contribution in [-0.4, -0.2) is 14.7 Å². The number of para-hydroxylation sites is 1. The molecule has 8 heteroatoms. The fourth-order valence-electron chi connectivity index (χ4n) is 0.578. The van der Waals surface area contributed by atoms with E-state index in [2.05, 4.69) is 5.43 Å². The van der Waals surface area contributed by atoms with Crippen LogP contribution < -0.4 is 11.3 Å². The highest BCUT2D eigenvalue weighted by atomic mass is 35.5. The number of hydrogen-bond donors (Lipinski definition) is 5. The molecule has 6 N–H and O–H groups in total. The average molecular weight is 241 g/mol. The number of nitrogens with two attached hydrogens (primary N) is 1. The van der Waals surface area contributed by atoms with Gasteiger partial charge in [-0.3, -0.25) is 5.84 Å². The van der Waals surface area contributed by atoms with Crippen molar-refractivity contribution in [3.8, 4) is 0 Å². The molecule has 80 valence electrons. The minimum absolute atomic E-state index is 0.639. The monoisotopic (exact) mass is 240 g/mol. The van der Waals surface area contributed by atoms with Crippen LogP contribution in [0.2, 0.25) is 5.02 Å². The van der Waals surface area contributed by atoms with Gasteiger partial charge in [0.25, 0.3) is 0 Å². The Morgan fingerprint density at radius 3 is 2.00 bits per heavy atom. The Morgan fingerprint density at radius 1 is 1.29 bits per heavy atom. The number of hydrazine groups is 1. The molecule has 0 heterocycles. The summed E-state index contributed by atoms with van der Waals surface area (Å²) in [6.45, 7) is 0. The Bertz CT molecular complexity index is 321. The number of nitrogens with one attached hydrogen (secondary N) is 1. The molecule has 0 spiro atoms. The van der Waals surface area contributed by atoms with Gasteiger partial charge in [0, 0.05) is 0 Å². The summed E-state index contributed by atoms with van der Waals surface area (Å²) < 4.78 is 8.88. The first-order chi connectivity index (χ1) is 6.34. The molecule has 1 aromatic rings. The van der Waals surface area contributed by atoms with Crippen molar-refractivity contribution in [1.82, 2.24) is 0 Å². The zero-order chi connectivity index (χ0) is 11.2. The molecule has 0 unspecified atom stereocenters. The van der Waals surface area contributed by atoms with Gasteiger partial charge in [-0.25, -0.2) is 4.57 Å². The summed E-state index contributed by atoms with van der Waals surface area (Å²) in [5, 5.41) is 0.639. The zero-order valence-corrected chi connectivity index (χ0v) is 8.61. The number of halogens is 1. The van der Waals surface area contributed by atoms with Gasteiger partial charge in [0.1, 0.15) is 0 Å². The van der Waals surface area contributed by atoms with Crippen LogP contribution in [0, 0.1) is 0 Å². The van der Waals surface area contributed by atoms with Crippen molar-refractivity contribution in [2.45, 2.75) is 0 Å². The van der Waals surface area contributed by atoms with Gasteiger partial charge >= 0.3 is 7.82 Å². The third-order valence-corrected chi connectivity index (χ3v) is 1.36. The van der Waals surface area contributed by atoms with E-state index in [1.54, 1.807) is 6.07 Å². The standard InChI is InChI=1S/C6H7ClN2.H3O4P/c7-5-3-1-2-4-6(5)9-8;1-5(2,3)4/h1-4,9H,8H2;(H3,1,2,3,4). The lowest BCUT2D eigenvalue weighted by Gasteiger charge is -1.99. The molecular formula is C6H10ClN2O4P. The highest BCUT2D eigenvalue weighted by Crippen LogP contribution is 2.25. The molecule has 0 aliphatic carbocycles. The Labute approximate surface area is 85.5 Å². The molecular weight excluding hydrogens is 231 g/mol. The number of hydrogen-bond acceptors (Lipinski definition) is 3. The first-order valence-corrected chi connectivity index (χ1v) is 5.28. The molecule has 0 aliphatic rings. The molecule has 0 saturated carbocycles. The first-order valence-electron chi connectivity index (χ1n) is 3.34. The van der Waals surface area contributed by atoms with Gasteiger partial charge in [0.15, 0.2) is 0 Å². The lowest BCUT2D eigenvalue weighted by molar-refractivity contribution is 0.275. The van der Waals surface area contributed by atoms with Crippen LogP contribution in [0.1, 0.15) is 0 Å². The van der Waals surface area contributed by atoms with Crippen molar-refractivity contribution in [2.24, 2.45) is 5.84 Å². The fraction of sp³-hybridized carbons (Fsp3) is 0. The van der Waals surface area contributed by atoms with E-state index in [0.717, 1.165) is 5.69 Å². The lowest BCUT2D eigenvalue weighted by Crippen LogP contribution is -2.06. The third-order valence-electron chi connectivity index (χ3n) is 1.03. The summed E-state index contributed by atoms with van der Waals surface area (Å²) in [5.41, 5.74) is 3.21. The van der Waals surface area contributed by atoms with Gasteiger partial charge in [0.2, 0.25) is 0 Å². The Kier molecular flexibility index (Phi) is 5.71. The molecule has 0 amide bonds. The molecule has 0 radical (unpaired) electrons. The van der Waals surface area contributed by atoms with Crippen molar-refractivity contribution >= 4 is 25.1 Å². The minimum Gasteiger partial charge on any atom is -0.323 e. The Morgan fingerprint density at radius 2 is 1.71 bits per heavy atom. The summed E-state index contributed by atoms with van der Waals surface area (Å²) in [4.78, 5) is 21.6. The number of nitrogen functional groups attached to an aromatic ring is 1. The third kappa shape index (κ3) is 8.00. The summed E-state index contributed by atoms with van der Waals surface area (Å²) in [6, 6.07) is 7.29. The number of rotatable bonds is 1.